The van der Waals surface area contributed by atoms with Gasteiger partial charge in [0.25, 0.3) is 0 Å². The van der Waals surface area contributed by atoms with E-state index >= 15 is 0 Å². The second kappa shape index (κ2) is 35.8. The van der Waals surface area contributed by atoms with Gasteiger partial charge in [-0.25, -0.2) is 0 Å². The van der Waals surface area contributed by atoms with Gasteiger partial charge in [0.1, 0.15) is 42.8 Å². The van der Waals surface area contributed by atoms with Crippen molar-refractivity contribution in [2.24, 2.45) is 29.4 Å². The van der Waals surface area contributed by atoms with Crippen LogP contribution >= 0.6 is 37.9 Å². The van der Waals surface area contributed by atoms with Crippen LogP contribution < -0.4 is 48.9 Å². The highest BCUT2D eigenvalue weighted by molar-refractivity contribution is 7.54. The molecule has 0 saturated carbocycles. The number of carbonyl (C=O) groups excluding carboxylic acids is 2. The molecule has 10 aliphatic rings. The van der Waals surface area contributed by atoms with Gasteiger partial charge in [0.2, 0.25) is 25.1 Å². The van der Waals surface area contributed by atoms with E-state index in [2.05, 4.69) is 5.32 Å². The Kier molecular flexibility index (Phi) is 26.0. The molecule has 8 N–H and O–H groups in total. The Morgan fingerprint density at radius 2 is 0.947 bits per heavy atom. The molecule has 620 valence electrons. The Bertz CT molecular complexity index is 4410. The third kappa shape index (κ3) is 16.8. The summed E-state index contributed by atoms with van der Waals surface area (Å²) in [4.78, 5) is 39.3. The summed E-state index contributed by atoms with van der Waals surface area (Å²) in [5.74, 6) is -3.16. The van der Waals surface area contributed by atoms with Gasteiger partial charge in [0.05, 0.1) is 133 Å². The van der Waals surface area contributed by atoms with Crippen LogP contribution in [0.2, 0.25) is 0 Å². The van der Waals surface area contributed by atoms with Crippen LogP contribution in [-0.4, -0.2) is 218 Å². The third-order valence-corrected chi connectivity index (χ3v) is 27.1. The zero-order valence-electron chi connectivity index (χ0n) is 63.4. The molecule has 0 bridgehead atoms. The molecule has 6 saturated heterocycles. The summed E-state index contributed by atoms with van der Waals surface area (Å²) in [7, 11) is -1.06. The summed E-state index contributed by atoms with van der Waals surface area (Å²) in [5.41, 5.74) is 10.7. The van der Waals surface area contributed by atoms with Gasteiger partial charge in [-0.1, -0.05) is 12.1 Å². The first-order chi connectivity index (χ1) is 55.1. The number of fused-ring (bicyclic) bond motifs is 8. The van der Waals surface area contributed by atoms with Gasteiger partial charge in [-0.05, 0) is 132 Å². The molecule has 114 heavy (non-hydrogen) atoms. The molecular weight excluding hydrogens is 1580 g/mol. The largest absolute Gasteiger partial charge is 0.502 e. The van der Waals surface area contributed by atoms with Crippen LogP contribution in [-0.2, 0) is 89.0 Å². The number of hydrogen-bond acceptors (Lipinski definition) is 35. The molecule has 0 amide bonds. The minimum absolute atomic E-state index is 0.0109. The first-order valence-electron chi connectivity index (χ1n) is 37.2. The SMILES string of the molecule is CCOP(=O)(CC(=O)O)OCC.CCOP(=O)(CCNC1C(O[C@@H]2c3cc4c(cc3[C@@H](c3cc(OC)c(O)c(OC)c3)[C@H]3C(=O)OC[C@@H]32)OCO4)OC2COC(c3cccs3)OC2C1O)OCC.COc1cc([C@@H]2c3cc4c(cc3[C@@H](OC3OC5COC(c6cccs6)OC5C(O)C3N)[C@H]3COC(=O)[C@H]23)OCO4)cc(OC)c1O. The predicted molar refractivity (Wildman–Crippen MR) is 399 cm³/mol. The smallest absolute Gasteiger partial charge is 0.341 e. The van der Waals surface area contributed by atoms with E-state index in [1.807, 2.05) is 59.3 Å². The van der Waals surface area contributed by atoms with Crippen LogP contribution in [0.4, 0.5) is 0 Å². The highest BCUT2D eigenvalue weighted by Gasteiger charge is 2.59. The van der Waals surface area contributed by atoms with Gasteiger partial charge in [0.15, 0.2) is 71.2 Å². The minimum Gasteiger partial charge on any atom is -0.502 e. The number of phenolic OH excluding ortho intramolecular Hbond substituents is 2. The number of aliphatic hydroxyl groups is 2. The summed E-state index contributed by atoms with van der Waals surface area (Å²) in [6.45, 7) is 8.08. The number of phenols is 2. The van der Waals surface area contributed by atoms with Crippen LogP contribution in [0, 0.1) is 23.7 Å². The fourth-order valence-corrected chi connectivity index (χ4v) is 20.6. The molecule has 6 aromatic rings. The van der Waals surface area contributed by atoms with Crippen molar-refractivity contribution in [3.8, 4) is 57.5 Å². The molecule has 16 rings (SSSR count). The van der Waals surface area contributed by atoms with E-state index in [9.17, 15) is 43.9 Å². The van der Waals surface area contributed by atoms with Crippen molar-refractivity contribution in [3.05, 3.63) is 127 Å². The normalized spacial score (nSPS) is 30.1. The Hall–Kier alpha value is -7.49. The number of aliphatic carboxylic acids is 1. The van der Waals surface area contributed by atoms with E-state index in [-0.39, 0.29) is 114 Å². The van der Waals surface area contributed by atoms with Gasteiger partial charge in [0, 0.05) is 30.2 Å². The number of cyclic esters (lactones) is 2. The lowest BCUT2D eigenvalue weighted by molar-refractivity contribution is -0.351. The van der Waals surface area contributed by atoms with Gasteiger partial charge >= 0.3 is 33.1 Å². The summed E-state index contributed by atoms with van der Waals surface area (Å²) >= 11 is 2.97. The van der Waals surface area contributed by atoms with Gasteiger partial charge in [-0.15, -0.1) is 22.7 Å². The number of esters is 2. The van der Waals surface area contributed by atoms with Crippen molar-refractivity contribution < 1.29 is 152 Å². The first kappa shape index (κ1) is 83.0. The number of rotatable bonds is 26. The molecule has 2 aromatic heterocycles. The first-order valence-corrected chi connectivity index (χ1v) is 42.4. The number of carboxylic acids is 1. The number of carboxylic acid groups (broad SMARTS) is 1. The summed E-state index contributed by atoms with van der Waals surface area (Å²) in [5, 5.41) is 60.3. The molecule has 38 heteroatoms. The number of carbonyl (C=O) groups is 3. The molecule has 12 unspecified atom stereocenters. The van der Waals surface area contributed by atoms with E-state index in [0.717, 1.165) is 20.9 Å². The molecule has 2 aliphatic carbocycles. The Morgan fingerprint density at radius 3 is 1.35 bits per heavy atom. The maximum atomic E-state index is 13.8. The lowest BCUT2D eigenvalue weighted by Gasteiger charge is -2.49. The standard InChI is InChI=1S/C38H46NO15PS.C32H33NO12S.C6H13O5P/c1-5-50-55(43,51-6-2)10-9-39-31-33(41)35-27(17-47-37(54-35)28-8-7-11-56-28)52-38(31)53-34-21-15-24-23(48-18-49-24)14-20(21)29(30-22(34)16-46-36(30)42)19-12-25(44-3)32(40)26(13-19)45-4;1-37-19-6-13(7-20(38-2)26(19)34)23-14-8-17-18(42-12-41-17)9-15(14)28(16-10-39-30(36)24(16)23)44-32-25(33)27(35)29-21(43-32)11-40-31(45-29)22-4-3-5-46-22;1-3-10-12(9,11-4-2)5-6(7)8/h7-8,11-15,22,27,29-31,33-35,37-41H,5-6,9-10,16-18H2,1-4H3;3-9,16,21,23-25,27-29,31-32,34-35H,10-12,33H2,1-2H3;3-5H2,1-2H3,(H,7,8)/t22-,27?,29+,30-,31?,33?,34+,35?,37?,38?;16-,21?,23+,24-,25?,27?,28+,29?,31?,32?;/m00./s1. The monoisotopic (exact) mass is 1670 g/mol. The zero-order valence-corrected chi connectivity index (χ0v) is 66.8. The van der Waals surface area contributed by atoms with E-state index in [4.69, 9.17) is 114 Å². The maximum absolute atomic E-state index is 13.8. The van der Waals surface area contributed by atoms with Crippen LogP contribution in [0.25, 0.3) is 0 Å². The quantitative estimate of drug-likeness (QED) is 0.0197. The molecule has 8 aliphatic heterocycles. The molecule has 0 radical (unpaired) electrons. The van der Waals surface area contributed by atoms with Crippen molar-refractivity contribution in [2.45, 2.75) is 126 Å². The van der Waals surface area contributed by atoms with Crippen molar-refractivity contribution in [1.29, 1.82) is 0 Å². The summed E-state index contributed by atoms with van der Waals surface area (Å²) < 4.78 is 153. The van der Waals surface area contributed by atoms with Crippen LogP contribution in [0.1, 0.15) is 107 Å². The summed E-state index contributed by atoms with van der Waals surface area (Å²) in [6, 6.07) is 19.8. The highest BCUT2D eigenvalue weighted by Crippen LogP contribution is 2.60. The van der Waals surface area contributed by atoms with Crippen molar-refractivity contribution in [1.82, 2.24) is 5.32 Å². The zero-order chi connectivity index (χ0) is 80.4. The van der Waals surface area contributed by atoms with E-state index < -0.39 is 161 Å². The molecule has 4 aromatic carbocycles. The van der Waals surface area contributed by atoms with E-state index in [1.54, 1.807) is 52.0 Å². The Balaban J connectivity index is 0.000000167. The molecule has 0 spiro atoms. The van der Waals surface area contributed by atoms with Crippen LogP contribution in [0.15, 0.2) is 83.6 Å². The number of benzene rings is 4. The average Bonchev–Trinajstić information content (AvgIpc) is 1.23. The summed E-state index contributed by atoms with van der Waals surface area (Å²) in [6.07, 6.45) is -10.8. The van der Waals surface area contributed by atoms with Crippen molar-refractivity contribution >= 4 is 55.8 Å². The fraction of sp³-hybridized carbons (Fsp3) is 0.539. The number of methoxy groups -OCH3 is 4. The van der Waals surface area contributed by atoms with Gasteiger partial charge in [-0.2, -0.15) is 0 Å². The Morgan fingerprint density at radius 1 is 0.544 bits per heavy atom. The number of hydrogen-bond donors (Lipinski definition) is 7. The number of nitrogens with two attached hydrogens (primary N) is 1. The van der Waals surface area contributed by atoms with Crippen LogP contribution in [0.3, 0.4) is 0 Å². The molecule has 6 fully saturated rings. The number of aromatic hydroxyl groups is 2. The molecular formula is C76H92N2O32P2S2. The minimum atomic E-state index is -3.45. The topological polar surface area (TPSA) is 428 Å². The maximum Gasteiger partial charge on any atom is 0.341 e. The molecule has 20 atom stereocenters. The number of aliphatic hydroxyl groups excluding tert-OH is 2. The van der Waals surface area contributed by atoms with Gasteiger partial charge < -0.3 is 140 Å². The lowest BCUT2D eigenvalue weighted by atomic mass is 9.66. The number of nitrogens with one attached hydrogen (secondary N) is 1. The third-order valence-electron chi connectivity index (χ3n) is 21.3. The molecule has 34 nitrogen and oxygen atoms in total. The van der Waals surface area contributed by atoms with Crippen molar-refractivity contribution in [2.75, 3.05) is 114 Å². The fourth-order valence-electron chi connectivity index (χ4n) is 16.3. The predicted octanol–water partition coefficient (Wildman–Crippen LogP) is 8.67. The lowest BCUT2D eigenvalue weighted by Crippen LogP contribution is -2.66. The van der Waals surface area contributed by atoms with Crippen molar-refractivity contribution in [3.63, 3.8) is 0 Å². The average molecular weight is 1670 g/mol. The number of ether oxygens (including phenoxy) is 18. The second-order valence-corrected chi connectivity index (χ2v) is 34.0. The Labute approximate surface area is 663 Å². The van der Waals surface area contributed by atoms with E-state index in [1.165, 1.54) is 51.1 Å². The van der Waals surface area contributed by atoms with Gasteiger partial charge in [-0.3, -0.25) is 23.5 Å². The highest BCUT2D eigenvalue weighted by atomic mass is 32.1. The van der Waals surface area contributed by atoms with E-state index in [0.29, 0.717) is 45.3 Å². The van der Waals surface area contributed by atoms with Crippen LogP contribution in [0.5, 0.6) is 57.5 Å². The molecule has 10 heterocycles. The number of thiophene rings is 2. The second-order valence-electron chi connectivity index (χ2n) is 27.8.